The number of rotatable bonds is 6. The van der Waals surface area contributed by atoms with Gasteiger partial charge >= 0.3 is 5.97 Å². The van der Waals surface area contributed by atoms with Gasteiger partial charge in [0.25, 0.3) is 0 Å². The van der Waals surface area contributed by atoms with Crippen LogP contribution < -0.4 is 5.32 Å². The van der Waals surface area contributed by atoms with E-state index >= 15 is 0 Å². The summed E-state index contributed by atoms with van der Waals surface area (Å²) in [4.78, 5) is 24.8. The summed E-state index contributed by atoms with van der Waals surface area (Å²) in [6.07, 6.45) is 15.4. The Morgan fingerprint density at radius 1 is 1.24 bits per heavy atom. The van der Waals surface area contributed by atoms with Crippen molar-refractivity contribution in [1.29, 1.82) is 0 Å². The molecule has 0 aliphatic carbocycles. The number of aliphatic hydroxyl groups excluding tert-OH is 1. The minimum Gasteiger partial charge on any atom is -0.507 e. The first-order valence-electron chi connectivity index (χ1n) is 11.5. The summed E-state index contributed by atoms with van der Waals surface area (Å²) in [7, 11) is 0. The predicted molar refractivity (Wildman–Crippen MR) is 130 cm³/mol. The number of ether oxygens (including phenoxy) is 1. The second-order valence-electron chi connectivity index (χ2n) is 8.32. The van der Waals surface area contributed by atoms with Gasteiger partial charge in [0.15, 0.2) is 0 Å². The van der Waals surface area contributed by atoms with Gasteiger partial charge in [-0.15, -0.1) is 0 Å². The smallest absolute Gasteiger partial charge is 0.342 e. The van der Waals surface area contributed by atoms with Crippen LogP contribution in [-0.4, -0.2) is 34.3 Å². The molecule has 0 saturated heterocycles. The zero-order valence-electron chi connectivity index (χ0n) is 19.7. The van der Waals surface area contributed by atoms with Gasteiger partial charge in [0, 0.05) is 25.1 Å². The van der Waals surface area contributed by atoms with Crippen LogP contribution in [0.2, 0.25) is 0 Å². The minimum atomic E-state index is -0.659. The van der Waals surface area contributed by atoms with E-state index in [-0.39, 0.29) is 29.6 Å². The van der Waals surface area contributed by atoms with Crippen molar-refractivity contribution in [3.8, 4) is 5.75 Å². The largest absolute Gasteiger partial charge is 0.507 e. The quantitative estimate of drug-likeness (QED) is 0.252. The fourth-order valence-electron chi connectivity index (χ4n) is 3.57. The number of aliphatic hydroxyl groups is 1. The fraction of sp³-hybridized carbons (Fsp3) is 0.407. The van der Waals surface area contributed by atoms with Gasteiger partial charge in [-0.2, -0.15) is 0 Å². The lowest BCUT2D eigenvalue weighted by molar-refractivity contribution is -0.115. The molecule has 3 N–H and O–H groups in total. The predicted octanol–water partition coefficient (Wildman–Crippen LogP) is 4.66. The topological polar surface area (TPSA) is 95.9 Å². The molecule has 0 saturated carbocycles. The number of phenols is 1. The lowest BCUT2D eigenvalue weighted by Crippen LogP contribution is -2.28. The van der Waals surface area contributed by atoms with Crippen molar-refractivity contribution >= 4 is 11.9 Å². The molecule has 1 amide bonds. The number of cyclic esters (lactones) is 1. The zero-order valence-corrected chi connectivity index (χ0v) is 19.7. The molecule has 3 atom stereocenters. The minimum absolute atomic E-state index is 0.00313. The molecule has 6 heteroatoms. The van der Waals surface area contributed by atoms with Crippen LogP contribution in [0.1, 0.15) is 61.0 Å². The Morgan fingerprint density at radius 3 is 2.79 bits per heavy atom. The number of amides is 1. The number of nitrogens with one attached hydrogen (secondary N) is 1. The van der Waals surface area contributed by atoms with E-state index in [1.54, 1.807) is 24.3 Å². The van der Waals surface area contributed by atoms with Gasteiger partial charge in [0.1, 0.15) is 17.4 Å². The van der Waals surface area contributed by atoms with Crippen molar-refractivity contribution < 1.29 is 24.5 Å². The summed E-state index contributed by atoms with van der Waals surface area (Å²) < 4.78 is 5.73. The van der Waals surface area contributed by atoms with Crippen LogP contribution in [-0.2, 0) is 16.0 Å². The molecular formula is C27H35NO5. The molecule has 0 radical (unpaired) electrons. The molecule has 1 aromatic carbocycles. The number of allylic oxidation sites excluding steroid dienone is 5. The van der Waals surface area contributed by atoms with Crippen LogP contribution in [0.5, 0.6) is 5.75 Å². The first kappa shape index (κ1) is 26.1. The van der Waals surface area contributed by atoms with E-state index in [0.29, 0.717) is 19.3 Å². The second kappa shape index (κ2) is 13.4. The van der Waals surface area contributed by atoms with Crippen molar-refractivity contribution in [2.24, 2.45) is 5.92 Å². The number of carbonyl (C=O) groups is 2. The van der Waals surface area contributed by atoms with Crippen LogP contribution >= 0.6 is 0 Å². The molecular weight excluding hydrogens is 418 g/mol. The summed E-state index contributed by atoms with van der Waals surface area (Å²) >= 11 is 0. The fourth-order valence-corrected chi connectivity index (χ4v) is 3.57. The molecule has 1 heterocycles. The number of phenolic OH excluding ortho intramolecular Hbond substituents is 1. The third kappa shape index (κ3) is 8.39. The Hall–Kier alpha value is -3.12. The highest BCUT2D eigenvalue weighted by Crippen LogP contribution is 2.28. The van der Waals surface area contributed by atoms with Crippen molar-refractivity contribution in [2.75, 3.05) is 0 Å². The molecule has 1 aliphatic heterocycles. The molecule has 6 nitrogen and oxygen atoms in total. The Bertz CT molecular complexity index is 929. The van der Waals surface area contributed by atoms with Crippen molar-refractivity contribution in [1.82, 2.24) is 5.32 Å². The lowest BCUT2D eigenvalue weighted by Gasteiger charge is -2.25. The Kier molecular flexibility index (Phi) is 10.6. The average molecular weight is 454 g/mol. The van der Waals surface area contributed by atoms with Crippen LogP contribution in [0.25, 0.3) is 0 Å². The first-order valence-corrected chi connectivity index (χ1v) is 11.5. The van der Waals surface area contributed by atoms with Crippen molar-refractivity contribution in [3.05, 3.63) is 77.6 Å². The third-order valence-corrected chi connectivity index (χ3v) is 5.63. The highest BCUT2D eigenvalue weighted by Gasteiger charge is 2.26. The van der Waals surface area contributed by atoms with Gasteiger partial charge in [0.2, 0.25) is 5.91 Å². The van der Waals surface area contributed by atoms with Crippen LogP contribution in [0.15, 0.2) is 60.9 Å². The lowest BCUT2D eigenvalue weighted by atomic mass is 9.93. The summed E-state index contributed by atoms with van der Waals surface area (Å²) in [5.74, 6) is -1.01. The van der Waals surface area contributed by atoms with E-state index in [1.165, 1.54) is 18.3 Å². The number of carbonyl (C=O) groups excluding carboxylic acids is 2. The van der Waals surface area contributed by atoms with E-state index in [0.717, 1.165) is 17.5 Å². The highest BCUT2D eigenvalue weighted by atomic mass is 16.5. The number of hydrogen-bond acceptors (Lipinski definition) is 5. The summed E-state index contributed by atoms with van der Waals surface area (Å²) in [5, 5.41) is 23.6. The summed E-state index contributed by atoms with van der Waals surface area (Å²) in [6, 6.07) is 3.28. The normalized spacial score (nSPS) is 23.2. The van der Waals surface area contributed by atoms with Crippen LogP contribution in [0.4, 0.5) is 0 Å². The second-order valence-corrected chi connectivity index (χ2v) is 8.32. The number of hydrogen-bond donors (Lipinski definition) is 3. The Balaban J connectivity index is 2.16. The number of esters is 1. The van der Waals surface area contributed by atoms with Gasteiger partial charge < -0.3 is 20.3 Å². The number of aromatic hydroxyl groups is 1. The average Bonchev–Trinajstić information content (AvgIpc) is 2.78. The number of benzene rings is 1. The summed E-state index contributed by atoms with van der Waals surface area (Å²) in [5.41, 5.74) is 1.79. The number of aryl methyl sites for hydroxylation is 1. The first-order chi connectivity index (χ1) is 15.8. The van der Waals surface area contributed by atoms with E-state index < -0.39 is 18.2 Å². The Labute approximate surface area is 196 Å². The maximum Gasteiger partial charge on any atom is 0.342 e. The van der Waals surface area contributed by atoms with Gasteiger partial charge in [-0.3, -0.25) is 4.79 Å². The standard InChI is InChI=1S/C27H35NO5/c1-4-5-6-7-14-25(31)28-17-10-12-21-18-24(30)20(3)11-8-9-13-22-19(2)15-16-23(29)26(22)27(32)33-21/h5-10,14-17,20-21,24,29-30H,4,11-13,18H2,1-3H3,(H,28,31)/b6-5-,9-8+,14-7-,17-10-. The monoisotopic (exact) mass is 453 g/mol. The molecule has 178 valence electrons. The van der Waals surface area contributed by atoms with E-state index in [2.05, 4.69) is 5.32 Å². The maximum atomic E-state index is 13.0. The molecule has 2 rings (SSSR count). The molecule has 0 fully saturated rings. The van der Waals surface area contributed by atoms with Gasteiger partial charge in [-0.1, -0.05) is 56.4 Å². The molecule has 3 unspecified atom stereocenters. The Morgan fingerprint density at radius 2 is 2.03 bits per heavy atom. The van der Waals surface area contributed by atoms with Gasteiger partial charge in [0.05, 0.1) is 6.10 Å². The molecule has 0 spiro atoms. The van der Waals surface area contributed by atoms with E-state index in [9.17, 15) is 19.8 Å². The third-order valence-electron chi connectivity index (χ3n) is 5.63. The number of fused-ring (bicyclic) bond motifs is 1. The van der Waals surface area contributed by atoms with Crippen LogP contribution in [0, 0.1) is 12.8 Å². The SMILES string of the molecule is CC/C=C\C=C/C(=O)N/C=C\CC1CC(O)C(C)C/C=C/Cc2c(C)ccc(O)c2C(=O)O1. The van der Waals surface area contributed by atoms with Crippen LogP contribution in [0.3, 0.4) is 0 Å². The van der Waals surface area contributed by atoms with E-state index in [4.69, 9.17) is 4.74 Å². The van der Waals surface area contributed by atoms with Gasteiger partial charge in [-0.05, 0) is 49.3 Å². The molecule has 33 heavy (non-hydrogen) atoms. The van der Waals surface area contributed by atoms with Crippen molar-refractivity contribution in [2.45, 2.75) is 65.1 Å². The highest BCUT2D eigenvalue weighted by molar-refractivity contribution is 5.94. The zero-order chi connectivity index (χ0) is 24.2. The summed E-state index contributed by atoms with van der Waals surface area (Å²) in [6.45, 7) is 5.87. The molecule has 1 aliphatic rings. The van der Waals surface area contributed by atoms with Crippen molar-refractivity contribution in [3.63, 3.8) is 0 Å². The van der Waals surface area contributed by atoms with Gasteiger partial charge in [-0.25, -0.2) is 4.79 Å². The molecule has 1 aromatic rings. The maximum absolute atomic E-state index is 13.0. The molecule has 0 aromatic heterocycles. The molecule has 0 bridgehead atoms. The van der Waals surface area contributed by atoms with E-state index in [1.807, 2.05) is 39.0 Å².